The Balaban J connectivity index is 3.39. The number of benzene rings is 1. The lowest BCUT2D eigenvalue weighted by atomic mass is 10.1. The lowest BCUT2D eigenvalue weighted by Crippen LogP contribution is -2.21. The normalized spacial score (nSPS) is 11.3. The molecular weight excluding hydrogens is 292 g/mol. The van der Waals surface area contributed by atoms with Crippen molar-refractivity contribution in [1.82, 2.24) is 0 Å². The molecule has 1 aromatic carbocycles. The second kappa shape index (κ2) is 4.68. The first-order valence-corrected chi connectivity index (χ1v) is 5.37. The third kappa shape index (κ3) is 3.00. The van der Waals surface area contributed by atoms with Gasteiger partial charge in [-0.2, -0.15) is 0 Å². The first-order valence-electron chi connectivity index (χ1n) is 4.24. The number of Topliss-reactive ketones (excluding diaryl/α,β-unsaturated/α-hetero) is 1. The van der Waals surface area contributed by atoms with Gasteiger partial charge in [-0.15, -0.1) is 0 Å². The molecule has 0 radical (unpaired) electrons. The monoisotopic (exact) mass is 297 g/mol. The Labute approximate surface area is 111 Å². The van der Waals surface area contributed by atoms with Gasteiger partial charge in [-0.3, -0.25) is 14.9 Å². The molecule has 0 unspecified atom stereocenters. The maximum atomic E-state index is 11.7. The van der Waals surface area contributed by atoms with E-state index in [9.17, 15) is 20.0 Å². The molecule has 0 saturated carbocycles. The zero-order chi connectivity index (χ0) is 13.4. The van der Waals surface area contributed by atoms with Gasteiger partial charge in [0.15, 0.2) is 10.1 Å². The van der Waals surface area contributed by atoms with Crippen LogP contribution in [0.4, 0.5) is 5.69 Å². The van der Waals surface area contributed by atoms with Crippen LogP contribution in [0.3, 0.4) is 0 Å². The summed E-state index contributed by atoms with van der Waals surface area (Å²) >= 11 is 16.7. The Hall–Kier alpha value is -1.04. The van der Waals surface area contributed by atoms with Crippen molar-refractivity contribution in [3.05, 3.63) is 32.8 Å². The zero-order valence-corrected chi connectivity index (χ0v) is 10.7. The second-order valence-electron chi connectivity index (χ2n) is 3.30. The largest absolute Gasteiger partial charge is 0.501 e. The predicted molar refractivity (Wildman–Crippen MR) is 64.2 cm³/mol. The molecule has 8 heteroatoms. The molecule has 0 aliphatic heterocycles. The zero-order valence-electron chi connectivity index (χ0n) is 8.41. The summed E-state index contributed by atoms with van der Waals surface area (Å²) < 4.78 is -1.73. The summed E-state index contributed by atoms with van der Waals surface area (Å²) in [7, 11) is 0. The molecule has 1 N–H and O–H groups in total. The molecule has 0 amide bonds. The van der Waals surface area contributed by atoms with E-state index < -0.39 is 26.5 Å². The van der Waals surface area contributed by atoms with E-state index in [0.717, 1.165) is 12.1 Å². The third-order valence-corrected chi connectivity index (χ3v) is 2.53. The Morgan fingerprint density at radius 1 is 1.47 bits per heavy atom. The number of carbonyl (C=O) groups is 1. The number of hydrogen-bond donors (Lipinski definition) is 1. The van der Waals surface area contributed by atoms with Crippen LogP contribution >= 0.6 is 34.8 Å². The first-order chi connectivity index (χ1) is 7.64. The SMILES string of the molecule is CC(Cl)(Cl)C(=O)c1cc(Cl)c(O)c([N+](=O)[O-])c1. The fraction of sp³-hybridized carbons (Fsp3) is 0.222. The Morgan fingerprint density at radius 3 is 2.41 bits per heavy atom. The molecule has 0 atom stereocenters. The molecule has 0 aliphatic rings. The number of nitro groups is 1. The molecule has 0 bridgehead atoms. The van der Waals surface area contributed by atoms with Crippen molar-refractivity contribution >= 4 is 46.3 Å². The van der Waals surface area contributed by atoms with Gasteiger partial charge < -0.3 is 5.11 Å². The summed E-state index contributed by atoms with van der Waals surface area (Å²) in [4.78, 5) is 21.4. The van der Waals surface area contributed by atoms with Gasteiger partial charge >= 0.3 is 5.69 Å². The highest BCUT2D eigenvalue weighted by molar-refractivity contribution is 6.59. The number of ketones is 1. The van der Waals surface area contributed by atoms with Gasteiger partial charge in [0.25, 0.3) is 0 Å². The summed E-state index contributed by atoms with van der Waals surface area (Å²) in [6, 6.07) is 1.93. The van der Waals surface area contributed by atoms with Gasteiger partial charge in [-0.25, -0.2) is 0 Å². The molecule has 17 heavy (non-hydrogen) atoms. The molecule has 0 fully saturated rings. The number of alkyl halides is 2. The number of nitrogens with zero attached hydrogens (tertiary/aromatic N) is 1. The molecule has 0 spiro atoms. The van der Waals surface area contributed by atoms with E-state index in [0.29, 0.717) is 0 Å². The van der Waals surface area contributed by atoms with Crippen molar-refractivity contribution < 1.29 is 14.8 Å². The number of phenols is 1. The lowest BCUT2D eigenvalue weighted by Gasteiger charge is -2.12. The van der Waals surface area contributed by atoms with Crippen LogP contribution in [0.1, 0.15) is 17.3 Å². The average molecular weight is 299 g/mol. The fourth-order valence-electron chi connectivity index (χ4n) is 1.11. The molecule has 5 nitrogen and oxygen atoms in total. The van der Waals surface area contributed by atoms with Crippen molar-refractivity contribution in [2.45, 2.75) is 11.3 Å². The number of halogens is 3. The highest BCUT2D eigenvalue weighted by atomic mass is 35.5. The molecule has 0 heterocycles. The minimum Gasteiger partial charge on any atom is -0.501 e. The number of aromatic hydroxyl groups is 1. The summed E-state index contributed by atoms with van der Waals surface area (Å²) in [5, 5.41) is 19.6. The van der Waals surface area contributed by atoms with Gasteiger partial charge in [0.1, 0.15) is 0 Å². The van der Waals surface area contributed by atoms with E-state index in [1.807, 2.05) is 0 Å². The second-order valence-corrected chi connectivity index (χ2v) is 5.41. The Bertz CT molecular complexity index is 496. The Morgan fingerprint density at radius 2 is 2.00 bits per heavy atom. The smallest absolute Gasteiger partial charge is 0.313 e. The van der Waals surface area contributed by atoms with E-state index in [-0.39, 0.29) is 10.6 Å². The summed E-state index contributed by atoms with van der Waals surface area (Å²) in [5.74, 6) is -1.45. The van der Waals surface area contributed by atoms with Gasteiger partial charge in [0.05, 0.1) is 9.95 Å². The lowest BCUT2D eigenvalue weighted by molar-refractivity contribution is -0.385. The van der Waals surface area contributed by atoms with E-state index in [2.05, 4.69) is 0 Å². The van der Waals surface area contributed by atoms with Crippen LogP contribution < -0.4 is 0 Å². The van der Waals surface area contributed by atoms with Crippen molar-refractivity contribution in [2.75, 3.05) is 0 Å². The van der Waals surface area contributed by atoms with Crippen LogP contribution in [0.5, 0.6) is 5.75 Å². The van der Waals surface area contributed by atoms with Crippen LogP contribution in [0.2, 0.25) is 5.02 Å². The predicted octanol–water partition coefficient (Wildman–Crippen LogP) is 3.33. The van der Waals surface area contributed by atoms with Gasteiger partial charge in [0.2, 0.25) is 5.75 Å². The molecule has 0 aliphatic carbocycles. The number of phenolic OH excluding ortho intramolecular Hbond substituents is 1. The topological polar surface area (TPSA) is 80.4 Å². The highest BCUT2D eigenvalue weighted by Crippen LogP contribution is 2.36. The van der Waals surface area contributed by atoms with Crippen molar-refractivity contribution in [3.63, 3.8) is 0 Å². The van der Waals surface area contributed by atoms with Crippen LogP contribution in [0.25, 0.3) is 0 Å². The van der Waals surface area contributed by atoms with Crippen molar-refractivity contribution in [3.8, 4) is 5.75 Å². The highest BCUT2D eigenvalue weighted by Gasteiger charge is 2.31. The minimum absolute atomic E-state index is 0.146. The quantitative estimate of drug-likeness (QED) is 0.402. The molecule has 0 saturated heterocycles. The number of carbonyl (C=O) groups excluding carboxylic acids is 1. The number of hydrogen-bond acceptors (Lipinski definition) is 4. The average Bonchev–Trinajstić information content (AvgIpc) is 2.19. The van der Waals surface area contributed by atoms with Gasteiger partial charge in [0, 0.05) is 11.6 Å². The van der Waals surface area contributed by atoms with Gasteiger partial charge in [-0.1, -0.05) is 34.8 Å². The van der Waals surface area contributed by atoms with Crippen LogP contribution in [0, 0.1) is 10.1 Å². The van der Waals surface area contributed by atoms with E-state index >= 15 is 0 Å². The number of nitro benzene ring substituents is 1. The summed E-state index contributed by atoms with van der Waals surface area (Å²) in [5.41, 5.74) is -0.828. The van der Waals surface area contributed by atoms with Crippen molar-refractivity contribution in [2.24, 2.45) is 0 Å². The molecule has 1 aromatic rings. The standard InChI is InChI=1S/C9H6Cl3NO4/c1-9(11,12)8(15)4-2-5(10)7(14)6(3-4)13(16)17/h2-3,14H,1H3. The first kappa shape index (κ1) is 14.0. The van der Waals surface area contributed by atoms with E-state index in [4.69, 9.17) is 34.8 Å². The van der Waals surface area contributed by atoms with Gasteiger partial charge in [-0.05, 0) is 13.0 Å². The van der Waals surface area contributed by atoms with Crippen LogP contribution in [-0.4, -0.2) is 20.1 Å². The molecule has 0 aromatic heterocycles. The summed E-state index contributed by atoms with van der Waals surface area (Å²) in [6.07, 6.45) is 0. The third-order valence-electron chi connectivity index (χ3n) is 1.90. The summed E-state index contributed by atoms with van der Waals surface area (Å²) in [6.45, 7) is 1.23. The van der Waals surface area contributed by atoms with E-state index in [1.54, 1.807) is 0 Å². The maximum absolute atomic E-state index is 11.7. The van der Waals surface area contributed by atoms with Crippen LogP contribution in [0.15, 0.2) is 12.1 Å². The molecule has 92 valence electrons. The van der Waals surface area contributed by atoms with Crippen LogP contribution in [-0.2, 0) is 0 Å². The Kier molecular flexibility index (Phi) is 3.86. The molecule has 1 rings (SSSR count). The van der Waals surface area contributed by atoms with Crippen molar-refractivity contribution in [1.29, 1.82) is 0 Å². The van der Waals surface area contributed by atoms with E-state index in [1.165, 1.54) is 6.92 Å². The minimum atomic E-state index is -1.73. The number of rotatable bonds is 3. The maximum Gasteiger partial charge on any atom is 0.313 e. The molecular formula is C9H6Cl3NO4. The fourth-order valence-corrected chi connectivity index (χ4v) is 1.54.